The fourth-order valence-corrected chi connectivity index (χ4v) is 2.29. The van der Waals surface area contributed by atoms with Gasteiger partial charge in [-0.1, -0.05) is 50.1 Å². The smallest absolute Gasteiger partial charge is 0.0323 e. The zero-order valence-corrected chi connectivity index (χ0v) is 9.78. The van der Waals surface area contributed by atoms with E-state index in [9.17, 15) is 0 Å². The lowest BCUT2D eigenvalue weighted by Gasteiger charge is -2.28. The fourth-order valence-electron chi connectivity index (χ4n) is 2.29. The van der Waals surface area contributed by atoms with E-state index in [2.05, 4.69) is 12.7 Å². The molecule has 15 heavy (non-hydrogen) atoms. The van der Waals surface area contributed by atoms with Crippen LogP contribution in [0.4, 0.5) is 0 Å². The first-order chi connectivity index (χ1) is 7.29. The largest absolute Gasteiger partial charge is 0.324 e. The minimum absolute atomic E-state index is 0.180. The van der Waals surface area contributed by atoms with E-state index in [1.807, 2.05) is 25.2 Å². The third-order valence-electron chi connectivity index (χ3n) is 3.26. The number of hydrogen-bond donors (Lipinski definition) is 1. The third-order valence-corrected chi connectivity index (χ3v) is 3.26. The highest BCUT2D eigenvalue weighted by atomic mass is 14.7. The molecule has 0 bridgehead atoms. The van der Waals surface area contributed by atoms with Crippen LogP contribution in [0.5, 0.6) is 0 Å². The van der Waals surface area contributed by atoms with Crippen molar-refractivity contribution in [2.75, 3.05) is 0 Å². The first-order valence-electron chi connectivity index (χ1n) is 6.00. The molecule has 1 atom stereocenters. The Labute approximate surface area is 93.7 Å². The van der Waals surface area contributed by atoms with Gasteiger partial charge in [0.1, 0.15) is 0 Å². The van der Waals surface area contributed by atoms with Crippen LogP contribution >= 0.6 is 0 Å². The lowest BCUT2D eigenvalue weighted by Crippen LogP contribution is -2.32. The summed E-state index contributed by atoms with van der Waals surface area (Å²) in [4.78, 5) is 0. The van der Waals surface area contributed by atoms with Crippen molar-refractivity contribution in [2.24, 2.45) is 11.7 Å². The van der Waals surface area contributed by atoms with Gasteiger partial charge in [0.15, 0.2) is 0 Å². The molecule has 0 amide bonds. The fraction of sp³-hybridized carbons (Fsp3) is 0.571. The molecular formula is C14H23N. The highest BCUT2D eigenvalue weighted by Crippen LogP contribution is 2.28. The van der Waals surface area contributed by atoms with Crippen molar-refractivity contribution in [3.63, 3.8) is 0 Å². The maximum absolute atomic E-state index is 6.27. The molecule has 0 saturated heterocycles. The van der Waals surface area contributed by atoms with Gasteiger partial charge in [0.05, 0.1) is 0 Å². The van der Waals surface area contributed by atoms with E-state index in [-0.39, 0.29) is 6.04 Å². The molecule has 1 heteroatoms. The molecule has 0 spiro atoms. The van der Waals surface area contributed by atoms with Crippen molar-refractivity contribution in [2.45, 2.75) is 45.1 Å². The molecule has 1 unspecified atom stereocenters. The second-order valence-corrected chi connectivity index (χ2v) is 4.32. The average Bonchev–Trinajstić information content (AvgIpc) is 2.31. The zero-order valence-electron chi connectivity index (χ0n) is 9.78. The summed E-state index contributed by atoms with van der Waals surface area (Å²) >= 11 is 0. The number of hydrogen-bond acceptors (Lipinski definition) is 1. The van der Waals surface area contributed by atoms with Crippen LogP contribution < -0.4 is 5.73 Å². The molecule has 0 aromatic rings. The van der Waals surface area contributed by atoms with Crippen molar-refractivity contribution < 1.29 is 0 Å². The maximum atomic E-state index is 6.27. The minimum Gasteiger partial charge on any atom is -0.324 e. The Morgan fingerprint density at radius 2 is 2.00 bits per heavy atom. The Morgan fingerprint density at radius 3 is 2.53 bits per heavy atom. The molecule has 1 rings (SSSR count). The van der Waals surface area contributed by atoms with Gasteiger partial charge >= 0.3 is 0 Å². The van der Waals surface area contributed by atoms with Gasteiger partial charge in [-0.15, -0.1) is 0 Å². The molecule has 0 aliphatic heterocycles. The Hall–Kier alpha value is -0.820. The first kappa shape index (κ1) is 12.3. The van der Waals surface area contributed by atoms with Crippen LogP contribution in [0.3, 0.4) is 0 Å². The van der Waals surface area contributed by atoms with E-state index < -0.39 is 0 Å². The molecule has 1 aliphatic rings. The monoisotopic (exact) mass is 205 g/mol. The van der Waals surface area contributed by atoms with E-state index in [1.54, 1.807) is 0 Å². The Balaban J connectivity index is 2.62. The van der Waals surface area contributed by atoms with Gasteiger partial charge in [0.2, 0.25) is 0 Å². The van der Waals surface area contributed by atoms with Crippen molar-refractivity contribution in [1.29, 1.82) is 0 Å². The topological polar surface area (TPSA) is 26.0 Å². The van der Waals surface area contributed by atoms with E-state index in [4.69, 9.17) is 5.73 Å². The Kier molecular flexibility index (Phi) is 5.41. The third kappa shape index (κ3) is 3.67. The van der Waals surface area contributed by atoms with Gasteiger partial charge < -0.3 is 5.73 Å². The molecule has 1 fully saturated rings. The van der Waals surface area contributed by atoms with Gasteiger partial charge in [0, 0.05) is 6.04 Å². The Bertz CT molecular complexity index is 244. The van der Waals surface area contributed by atoms with Crippen molar-refractivity contribution in [3.05, 3.63) is 36.5 Å². The minimum atomic E-state index is 0.180. The van der Waals surface area contributed by atoms with Crippen LogP contribution in [0.2, 0.25) is 0 Å². The van der Waals surface area contributed by atoms with E-state index in [0.29, 0.717) is 5.92 Å². The van der Waals surface area contributed by atoms with Gasteiger partial charge in [0.25, 0.3) is 0 Å². The van der Waals surface area contributed by atoms with Crippen molar-refractivity contribution in [3.8, 4) is 0 Å². The summed E-state index contributed by atoms with van der Waals surface area (Å²) in [5.74, 6) is 0.660. The number of allylic oxidation sites excluding steroid dienone is 3. The van der Waals surface area contributed by atoms with Crippen LogP contribution in [0.1, 0.15) is 39.0 Å². The van der Waals surface area contributed by atoms with Gasteiger partial charge in [-0.3, -0.25) is 0 Å². The maximum Gasteiger partial charge on any atom is 0.0323 e. The second-order valence-electron chi connectivity index (χ2n) is 4.32. The predicted octanol–water partition coefficient (Wildman–Crippen LogP) is 3.58. The predicted molar refractivity (Wildman–Crippen MR) is 67.6 cm³/mol. The summed E-state index contributed by atoms with van der Waals surface area (Å²) < 4.78 is 0. The highest BCUT2D eigenvalue weighted by Gasteiger charge is 2.21. The summed E-state index contributed by atoms with van der Waals surface area (Å²) in [5.41, 5.74) is 7.45. The summed E-state index contributed by atoms with van der Waals surface area (Å²) in [5, 5.41) is 0. The van der Waals surface area contributed by atoms with Crippen molar-refractivity contribution in [1.82, 2.24) is 0 Å². The number of rotatable bonds is 4. The van der Waals surface area contributed by atoms with E-state index in [1.165, 1.54) is 37.7 Å². The lowest BCUT2D eigenvalue weighted by atomic mass is 9.81. The Morgan fingerprint density at radius 1 is 1.33 bits per heavy atom. The summed E-state index contributed by atoms with van der Waals surface area (Å²) in [6.07, 6.45) is 14.7. The molecule has 0 aromatic heterocycles. The summed E-state index contributed by atoms with van der Waals surface area (Å²) in [7, 11) is 0. The molecule has 2 N–H and O–H groups in total. The van der Waals surface area contributed by atoms with Crippen LogP contribution in [-0.4, -0.2) is 6.04 Å². The quantitative estimate of drug-likeness (QED) is 0.697. The lowest BCUT2D eigenvalue weighted by molar-refractivity contribution is 0.327. The molecule has 1 saturated carbocycles. The highest BCUT2D eigenvalue weighted by molar-refractivity contribution is 5.27. The van der Waals surface area contributed by atoms with Crippen molar-refractivity contribution >= 4 is 0 Å². The zero-order chi connectivity index (χ0) is 11.1. The molecular weight excluding hydrogens is 182 g/mol. The van der Waals surface area contributed by atoms with Gasteiger partial charge in [-0.25, -0.2) is 0 Å². The SMILES string of the molecule is C=C/C(=C\C=C/C)C(N)C1CCCCC1. The second kappa shape index (κ2) is 6.62. The van der Waals surface area contributed by atoms with Gasteiger partial charge in [-0.05, 0) is 31.3 Å². The summed E-state index contributed by atoms with van der Waals surface area (Å²) in [6.45, 7) is 5.86. The normalized spacial score (nSPS) is 21.9. The summed E-state index contributed by atoms with van der Waals surface area (Å²) in [6, 6.07) is 0.180. The van der Waals surface area contributed by atoms with E-state index in [0.717, 1.165) is 0 Å². The molecule has 0 aromatic carbocycles. The molecule has 0 heterocycles. The first-order valence-corrected chi connectivity index (χ1v) is 6.00. The average molecular weight is 205 g/mol. The molecule has 84 valence electrons. The molecule has 0 radical (unpaired) electrons. The van der Waals surface area contributed by atoms with Crippen LogP contribution in [-0.2, 0) is 0 Å². The van der Waals surface area contributed by atoms with E-state index >= 15 is 0 Å². The standard InChI is InChI=1S/C14H23N/c1-3-5-9-12(4-2)14(15)13-10-7-6-8-11-13/h3-5,9,13-14H,2,6-8,10-11,15H2,1H3/b5-3-,12-9+. The van der Waals surface area contributed by atoms with Crippen LogP contribution in [0.25, 0.3) is 0 Å². The van der Waals surface area contributed by atoms with Gasteiger partial charge in [-0.2, -0.15) is 0 Å². The van der Waals surface area contributed by atoms with Crippen LogP contribution in [0, 0.1) is 5.92 Å². The molecule has 1 nitrogen and oxygen atoms in total. The number of nitrogens with two attached hydrogens (primary N) is 1. The molecule has 1 aliphatic carbocycles. The van der Waals surface area contributed by atoms with Crippen LogP contribution in [0.15, 0.2) is 36.5 Å².